The zero-order valence-electron chi connectivity index (χ0n) is 58.3. The van der Waals surface area contributed by atoms with Gasteiger partial charge in [0.25, 0.3) is 0 Å². The molecule has 0 aliphatic heterocycles. The molecule has 470 valence electrons. The summed E-state index contributed by atoms with van der Waals surface area (Å²) >= 11 is 0. The summed E-state index contributed by atoms with van der Waals surface area (Å²) in [6.45, 7) is 37.3. The number of carbonyl (C=O) groups excluding carboxylic acids is 1. The van der Waals surface area contributed by atoms with Crippen molar-refractivity contribution in [2.24, 2.45) is 0 Å². The molecular weight excluding hydrogens is 1170 g/mol. The van der Waals surface area contributed by atoms with Crippen LogP contribution in [0, 0.1) is 50.6 Å². The summed E-state index contributed by atoms with van der Waals surface area (Å²) in [5, 5.41) is 0. The minimum Gasteiger partial charge on any atom is -0.289 e. The van der Waals surface area contributed by atoms with Crippen LogP contribution in [0.15, 0.2) is 231 Å². The van der Waals surface area contributed by atoms with Gasteiger partial charge >= 0.3 is 0 Å². The fraction of sp³-hybridized carbons (Fsp3) is 0.242. The average molecular weight is 1260 g/mol. The van der Waals surface area contributed by atoms with E-state index in [0.29, 0.717) is 44.4 Å². The minimum atomic E-state index is -1.81. The first-order chi connectivity index (χ1) is 45.1. The molecule has 1 aliphatic rings. The number of hydrogen-bond acceptors (Lipinski definition) is 1. The monoisotopic (exact) mass is 1260 g/mol. The second-order valence-corrected chi connectivity index (χ2v) is 39.4. The van der Waals surface area contributed by atoms with Gasteiger partial charge in [0.2, 0.25) is 0 Å². The predicted octanol–water partition coefficient (Wildman–Crippen LogP) is 25.2. The predicted molar refractivity (Wildman–Crippen MR) is 412 cm³/mol. The van der Waals surface area contributed by atoms with E-state index < -0.39 is 16.1 Å². The highest BCUT2D eigenvalue weighted by atomic mass is 28.3. The van der Waals surface area contributed by atoms with Crippen molar-refractivity contribution in [3.8, 4) is 89.7 Å². The molecule has 0 spiro atoms. The molecule has 0 atom stereocenters. The van der Waals surface area contributed by atoms with E-state index in [9.17, 15) is 0 Å². The second-order valence-electron chi connectivity index (χ2n) is 28.3. The normalized spacial score (nSPS) is 12.8. The zero-order valence-corrected chi connectivity index (χ0v) is 60.3. The number of hydrogen-bond donors (Lipinski definition) is 0. The maximum absolute atomic E-state index is 15.4. The van der Waals surface area contributed by atoms with Crippen molar-refractivity contribution in [1.29, 1.82) is 0 Å². The Labute approximate surface area is 565 Å². The topological polar surface area (TPSA) is 17.1 Å². The van der Waals surface area contributed by atoms with E-state index >= 15 is 4.79 Å². The number of aryl methyl sites for hydroxylation is 4. The molecule has 0 fully saturated rings. The van der Waals surface area contributed by atoms with E-state index in [0.717, 1.165) is 55.7 Å². The van der Waals surface area contributed by atoms with Crippen molar-refractivity contribution < 1.29 is 4.79 Å². The summed E-state index contributed by atoms with van der Waals surface area (Å²) in [6.07, 6.45) is 0. The molecule has 10 aromatic rings. The van der Waals surface area contributed by atoms with Gasteiger partial charge in [-0.1, -0.05) is 301 Å². The Balaban J connectivity index is 0.858. The molecule has 0 amide bonds. The van der Waals surface area contributed by atoms with Gasteiger partial charge in [-0.2, -0.15) is 0 Å². The molecule has 94 heavy (non-hydrogen) atoms. The van der Waals surface area contributed by atoms with Crippen molar-refractivity contribution in [3.63, 3.8) is 0 Å². The first kappa shape index (κ1) is 66.4. The van der Waals surface area contributed by atoms with Gasteiger partial charge in [0, 0.05) is 33.4 Å². The van der Waals surface area contributed by atoms with Crippen LogP contribution in [0.4, 0.5) is 0 Å². The van der Waals surface area contributed by atoms with Gasteiger partial charge in [0.1, 0.15) is 16.1 Å². The molecule has 3 heteroatoms. The molecule has 11 rings (SSSR count). The smallest absolute Gasteiger partial charge is 0.195 e. The molecular formula is C91H92OSi2. The molecule has 0 saturated heterocycles. The quantitative estimate of drug-likeness (QED) is 0.0696. The van der Waals surface area contributed by atoms with Crippen molar-refractivity contribution >= 4 is 44.2 Å². The van der Waals surface area contributed by atoms with E-state index in [2.05, 4.69) is 328 Å². The Kier molecular flexibility index (Phi) is 19.7. The van der Waals surface area contributed by atoms with Gasteiger partial charge in [-0.3, -0.25) is 4.79 Å². The van der Waals surface area contributed by atoms with Crippen molar-refractivity contribution in [2.45, 2.75) is 144 Å². The van der Waals surface area contributed by atoms with E-state index in [1.54, 1.807) is 0 Å². The minimum absolute atomic E-state index is 0.0302. The first-order valence-corrected chi connectivity index (χ1v) is 38.6. The molecule has 1 aliphatic carbocycles. The highest BCUT2D eigenvalue weighted by Gasteiger charge is 2.43. The lowest BCUT2D eigenvalue weighted by Gasteiger charge is -2.38. The molecule has 0 heterocycles. The lowest BCUT2D eigenvalue weighted by atomic mass is 9.86. The van der Waals surface area contributed by atoms with Crippen LogP contribution < -0.4 is 0 Å². The molecule has 0 bridgehead atoms. The fourth-order valence-corrected chi connectivity index (χ4v) is 26.3. The first-order valence-electron chi connectivity index (χ1n) is 34.2. The van der Waals surface area contributed by atoms with Crippen LogP contribution in [-0.4, -0.2) is 21.9 Å². The van der Waals surface area contributed by atoms with Crippen molar-refractivity contribution in [1.82, 2.24) is 0 Å². The zero-order chi connectivity index (χ0) is 66.8. The van der Waals surface area contributed by atoms with Gasteiger partial charge in [0.05, 0.1) is 0 Å². The number of Topliss-reactive ketones (excluding diaryl/α,β-unsaturated/α-hetero) is 1. The summed E-state index contributed by atoms with van der Waals surface area (Å²) in [4.78, 5) is 15.4. The fourth-order valence-electron chi connectivity index (χ4n) is 15.9. The van der Waals surface area contributed by atoms with Gasteiger partial charge in [-0.05, 0) is 196 Å². The number of rotatable bonds is 16. The number of benzene rings is 10. The van der Waals surface area contributed by atoms with Crippen molar-refractivity contribution in [3.05, 3.63) is 286 Å². The summed E-state index contributed by atoms with van der Waals surface area (Å²) < 4.78 is 0. The third-order valence-corrected chi connectivity index (χ3v) is 33.4. The van der Waals surface area contributed by atoms with Crippen LogP contribution in [0.3, 0.4) is 0 Å². The summed E-state index contributed by atoms with van der Waals surface area (Å²) in [5.74, 6) is 7.28. The lowest BCUT2D eigenvalue weighted by Crippen LogP contribution is -2.43. The maximum Gasteiger partial charge on any atom is 0.195 e. The average Bonchev–Trinajstić information content (AvgIpc) is 1.57. The SMILES string of the molecule is Cc1cc(-c2ccc(-c3ccc(C#C[Si](C(C)C)(C(C)C)C(C)C)cc3)cc2)c(C)cc1-c1ccc(C2=C(c3ccccc3)C(=O)C(c3ccccc3)=C2c2ccc(-c3cc(C)c(-c4ccc(-c5ccc(C#C[Si](C(C)C)(C(C)C)C(C)C)cc5)cc4)cc3C)cc2)cc1. The van der Waals surface area contributed by atoms with E-state index in [-0.39, 0.29) is 5.78 Å². The largest absolute Gasteiger partial charge is 0.289 e. The molecule has 0 saturated carbocycles. The Morgan fingerprint density at radius 3 is 0.681 bits per heavy atom. The van der Waals surface area contributed by atoms with E-state index in [1.165, 1.54) is 77.9 Å². The molecule has 0 radical (unpaired) electrons. The van der Waals surface area contributed by atoms with Gasteiger partial charge in [-0.25, -0.2) is 0 Å². The molecule has 0 N–H and O–H groups in total. The van der Waals surface area contributed by atoms with E-state index in [4.69, 9.17) is 0 Å². The van der Waals surface area contributed by atoms with Crippen LogP contribution >= 0.6 is 0 Å². The second kappa shape index (κ2) is 27.8. The highest BCUT2D eigenvalue weighted by Crippen LogP contribution is 2.51. The summed E-state index contributed by atoms with van der Waals surface area (Å²) in [7, 11) is -3.63. The number of ketones is 1. The number of allylic oxidation sites excluding steroid dienone is 4. The standard InChI is InChI=1S/C91H92OSi2/c1-59(2)93(60(3)4,61(5)6)53-51-69-27-31-71(32-28-69)73-35-39-75(40-36-73)83-55-67(15)85(57-65(83)13)77-43-47-81(48-44-77)87-88(90(80-25-21-18-22-26-80)91(92)89(87)79-23-19-17-20-24-79)82-49-45-78(46-50-82)86-58-66(14)84(56-68(86)16)76-41-37-74(38-42-76)72-33-29-70(30-34-72)52-54-94(62(7)8,63(9)10)64(11)12/h17-50,55-64H,1-16H3. The van der Waals surface area contributed by atoms with Crippen LogP contribution in [-0.2, 0) is 4.79 Å². The Hall–Kier alpha value is -9.10. The van der Waals surface area contributed by atoms with Crippen molar-refractivity contribution in [2.75, 3.05) is 0 Å². The van der Waals surface area contributed by atoms with Gasteiger partial charge < -0.3 is 0 Å². The Morgan fingerprint density at radius 1 is 0.245 bits per heavy atom. The molecule has 10 aromatic carbocycles. The molecule has 1 nitrogen and oxygen atoms in total. The van der Waals surface area contributed by atoms with Crippen LogP contribution in [0.2, 0.25) is 33.2 Å². The summed E-state index contributed by atoms with van der Waals surface area (Å²) in [5.41, 5.74) is 39.8. The molecule has 0 unspecified atom stereocenters. The lowest BCUT2D eigenvalue weighted by molar-refractivity contribution is -0.108. The van der Waals surface area contributed by atoms with Gasteiger partial charge in [-0.15, -0.1) is 11.1 Å². The van der Waals surface area contributed by atoms with Gasteiger partial charge in [0.15, 0.2) is 5.78 Å². The molecule has 0 aromatic heterocycles. The van der Waals surface area contributed by atoms with Crippen LogP contribution in [0.5, 0.6) is 0 Å². The van der Waals surface area contributed by atoms with E-state index in [1.807, 2.05) is 36.4 Å². The van der Waals surface area contributed by atoms with Crippen LogP contribution in [0.25, 0.3) is 89.1 Å². The third-order valence-electron chi connectivity index (χ3n) is 20.8. The maximum atomic E-state index is 15.4. The Bertz CT molecular complexity index is 4250. The third kappa shape index (κ3) is 13.0. The highest BCUT2D eigenvalue weighted by molar-refractivity contribution is 6.91. The summed E-state index contributed by atoms with van der Waals surface area (Å²) in [6, 6.07) is 83.2. The van der Waals surface area contributed by atoms with Crippen LogP contribution in [0.1, 0.15) is 139 Å². The number of carbonyl (C=O) groups is 1. The Morgan fingerprint density at radius 2 is 0.447 bits per heavy atom.